The Labute approximate surface area is 114 Å². The number of carboxylic acid groups (broad SMARTS) is 1. The number of hydrogen-bond donors (Lipinski definition) is 2. The van der Waals surface area contributed by atoms with Gasteiger partial charge in [-0.25, -0.2) is 0 Å². The van der Waals surface area contributed by atoms with Crippen molar-refractivity contribution in [3.63, 3.8) is 0 Å². The zero-order valence-electron chi connectivity index (χ0n) is 11.4. The van der Waals surface area contributed by atoms with Crippen LogP contribution in [0, 0.1) is 5.92 Å². The van der Waals surface area contributed by atoms with Gasteiger partial charge >= 0.3 is 5.97 Å². The first-order valence-corrected chi connectivity index (χ1v) is 6.82. The lowest BCUT2D eigenvalue weighted by atomic mass is 10.0. The van der Waals surface area contributed by atoms with E-state index >= 15 is 0 Å². The number of carbonyl (C=O) groups is 1. The van der Waals surface area contributed by atoms with Gasteiger partial charge in [-0.2, -0.15) is 0 Å². The molecule has 1 fully saturated rings. The largest absolute Gasteiger partial charge is 0.481 e. The Kier molecular flexibility index (Phi) is 4.56. The molecule has 4 nitrogen and oxygen atoms in total. The Morgan fingerprint density at radius 2 is 2.16 bits per heavy atom. The summed E-state index contributed by atoms with van der Waals surface area (Å²) in [5.74, 6) is -0.214. The number of likely N-dealkylation sites (tertiary alicyclic amines) is 1. The molecular weight excluding hydrogens is 240 g/mol. The zero-order chi connectivity index (χ0) is 13.8. The summed E-state index contributed by atoms with van der Waals surface area (Å²) in [6.07, 6.45) is 1.24. The molecule has 1 saturated heterocycles. The molecule has 104 valence electrons. The Bertz CT molecular complexity index is 446. The molecule has 2 atom stereocenters. The second-order valence-electron chi connectivity index (χ2n) is 5.48. The van der Waals surface area contributed by atoms with Crippen LogP contribution in [0.15, 0.2) is 24.3 Å². The van der Waals surface area contributed by atoms with Crippen molar-refractivity contribution in [2.75, 3.05) is 13.1 Å². The SMILES string of the molecule is CC(N)C1CCN(Cc2ccccc2CC(=O)O)C1. The van der Waals surface area contributed by atoms with Crippen molar-refractivity contribution >= 4 is 5.97 Å². The van der Waals surface area contributed by atoms with Crippen LogP contribution in [0.1, 0.15) is 24.5 Å². The molecule has 2 unspecified atom stereocenters. The number of hydrogen-bond acceptors (Lipinski definition) is 3. The quantitative estimate of drug-likeness (QED) is 0.843. The molecule has 1 aliphatic rings. The van der Waals surface area contributed by atoms with Gasteiger partial charge in [-0.3, -0.25) is 9.69 Å². The van der Waals surface area contributed by atoms with Gasteiger partial charge in [0.05, 0.1) is 6.42 Å². The number of nitrogens with two attached hydrogens (primary N) is 1. The van der Waals surface area contributed by atoms with Crippen molar-refractivity contribution in [2.24, 2.45) is 11.7 Å². The second-order valence-corrected chi connectivity index (χ2v) is 5.48. The van der Waals surface area contributed by atoms with Gasteiger partial charge in [0.2, 0.25) is 0 Å². The van der Waals surface area contributed by atoms with Gasteiger partial charge in [0.1, 0.15) is 0 Å². The summed E-state index contributed by atoms with van der Waals surface area (Å²) in [7, 11) is 0. The van der Waals surface area contributed by atoms with E-state index in [1.54, 1.807) is 0 Å². The molecule has 0 spiro atoms. The van der Waals surface area contributed by atoms with Gasteiger partial charge in [-0.15, -0.1) is 0 Å². The van der Waals surface area contributed by atoms with Crippen LogP contribution in [0.2, 0.25) is 0 Å². The first kappa shape index (κ1) is 14.0. The number of carboxylic acids is 1. The number of aliphatic carboxylic acids is 1. The van der Waals surface area contributed by atoms with Crippen LogP contribution in [0.25, 0.3) is 0 Å². The molecule has 1 aliphatic heterocycles. The van der Waals surface area contributed by atoms with Crippen LogP contribution < -0.4 is 5.73 Å². The maximum atomic E-state index is 10.9. The molecule has 2 rings (SSSR count). The lowest BCUT2D eigenvalue weighted by molar-refractivity contribution is -0.136. The summed E-state index contributed by atoms with van der Waals surface area (Å²) in [6, 6.07) is 8.04. The van der Waals surface area contributed by atoms with Gasteiger partial charge in [0.25, 0.3) is 0 Å². The monoisotopic (exact) mass is 262 g/mol. The minimum Gasteiger partial charge on any atom is -0.481 e. The Morgan fingerprint density at radius 1 is 1.47 bits per heavy atom. The highest BCUT2D eigenvalue weighted by molar-refractivity contribution is 5.70. The van der Waals surface area contributed by atoms with Gasteiger partial charge in [-0.05, 0) is 36.9 Å². The summed E-state index contributed by atoms with van der Waals surface area (Å²) < 4.78 is 0. The Hall–Kier alpha value is -1.39. The third-order valence-corrected chi connectivity index (χ3v) is 3.91. The highest BCUT2D eigenvalue weighted by atomic mass is 16.4. The van der Waals surface area contributed by atoms with E-state index in [0.717, 1.165) is 37.2 Å². The molecule has 4 heteroatoms. The normalized spacial score (nSPS) is 21.5. The summed E-state index contributed by atoms with van der Waals surface area (Å²) in [4.78, 5) is 13.2. The van der Waals surface area contributed by atoms with E-state index < -0.39 is 5.97 Å². The zero-order valence-corrected chi connectivity index (χ0v) is 11.4. The molecule has 1 aromatic carbocycles. The average Bonchev–Trinajstić information content (AvgIpc) is 2.80. The third kappa shape index (κ3) is 3.78. The van der Waals surface area contributed by atoms with E-state index in [9.17, 15) is 4.79 Å². The van der Waals surface area contributed by atoms with Crippen LogP contribution in [-0.2, 0) is 17.8 Å². The van der Waals surface area contributed by atoms with Crippen molar-refractivity contribution < 1.29 is 9.90 Å². The Balaban J connectivity index is 2.01. The lowest BCUT2D eigenvalue weighted by Gasteiger charge is -2.19. The lowest BCUT2D eigenvalue weighted by Crippen LogP contribution is -2.29. The summed E-state index contributed by atoms with van der Waals surface area (Å²) in [5.41, 5.74) is 7.98. The first-order chi connectivity index (χ1) is 9.06. The van der Waals surface area contributed by atoms with Crippen LogP contribution in [0.3, 0.4) is 0 Å². The van der Waals surface area contributed by atoms with Gasteiger partial charge < -0.3 is 10.8 Å². The fourth-order valence-corrected chi connectivity index (χ4v) is 2.72. The van der Waals surface area contributed by atoms with Crippen molar-refractivity contribution in [2.45, 2.75) is 32.4 Å². The fourth-order valence-electron chi connectivity index (χ4n) is 2.72. The number of nitrogens with zero attached hydrogens (tertiary/aromatic N) is 1. The van der Waals surface area contributed by atoms with Gasteiger partial charge in [0.15, 0.2) is 0 Å². The van der Waals surface area contributed by atoms with Crippen LogP contribution >= 0.6 is 0 Å². The number of rotatable bonds is 5. The summed E-state index contributed by atoms with van der Waals surface area (Å²) >= 11 is 0. The minimum absolute atomic E-state index is 0.0979. The molecule has 0 radical (unpaired) electrons. The molecule has 0 aliphatic carbocycles. The second kappa shape index (κ2) is 6.17. The molecule has 0 bridgehead atoms. The first-order valence-electron chi connectivity index (χ1n) is 6.82. The van der Waals surface area contributed by atoms with Crippen LogP contribution in [-0.4, -0.2) is 35.1 Å². The highest BCUT2D eigenvalue weighted by Gasteiger charge is 2.25. The van der Waals surface area contributed by atoms with Crippen LogP contribution in [0.4, 0.5) is 0 Å². The molecule has 0 amide bonds. The van der Waals surface area contributed by atoms with E-state index in [0.29, 0.717) is 5.92 Å². The van der Waals surface area contributed by atoms with Crippen molar-refractivity contribution in [1.29, 1.82) is 0 Å². The summed E-state index contributed by atoms with van der Waals surface area (Å²) in [6.45, 7) is 4.95. The third-order valence-electron chi connectivity index (χ3n) is 3.91. The summed E-state index contributed by atoms with van der Waals surface area (Å²) in [5, 5.41) is 8.94. The van der Waals surface area contributed by atoms with E-state index in [-0.39, 0.29) is 12.5 Å². The minimum atomic E-state index is -0.776. The smallest absolute Gasteiger partial charge is 0.307 e. The Morgan fingerprint density at radius 3 is 2.74 bits per heavy atom. The van der Waals surface area contributed by atoms with Gasteiger partial charge in [0, 0.05) is 19.1 Å². The fraction of sp³-hybridized carbons (Fsp3) is 0.533. The van der Waals surface area contributed by atoms with Crippen LogP contribution in [0.5, 0.6) is 0 Å². The molecular formula is C15H22N2O2. The van der Waals surface area contributed by atoms with Gasteiger partial charge in [-0.1, -0.05) is 24.3 Å². The maximum Gasteiger partial charge on any atom is 0.307 e. The number of benzene rings is 1. The highest BCUT2D eigenvalue weighted by Crippen LogP contribution is 2.22. The molecule has 1 heterocycles. The average molecular weight is 262 g/mol. The molecule has 19 heavy (non-hydrogen) atoms. The molecule has 3 N–H and O–H groups in total. The van der Waals surface area contributed by atoms with Crippen molar-refractivity contribution in [1.82, 2.24) is 4.90 Å². The van der Waals surface area contributed by atoms with E-state index in [2.05, 4.69) is 11.8 Å². The van der Waals surface area contributed by atoms with E-state index in [1.807, 2.05) is 24.3 Å². The molecule has 0 aromatic heterocycles. The molecule has 1 aromatic rings. The predicted octanol–water partition coefficient (Wildman–Crippen LogP) is 1.48. The van der Waals surface area contributed by atoms with Crippen molar-refractivity contribution in [3.05, 3.63) is 35.4 Å². The standard InChI is InChI=1S/C15H22N2O2/c1-11(16)13-6-7-17(9-13)10-14-5-3-2-4-12(14)8-15(18)19/h2-5,11,13H,6-10,16H2,1H3,(H,18,19). The van der Waals surface area contributed by atoms with E-state index in [1.165, 1.54) is 0 Å². The van der Waals surface area contributed by atoms with Crippen molar-refractivity contribution in [3.8, 4) is 0 Å². The predicted molar refractivity (Wildman–Crippen MR) is 74.8 cm³/mol. The maximum absolute atomic E-state index is 10.9. The topological polar surface area (TPSA) is 66.6 Å². The van der Waals surface area contributed by atoms with E-state index in [4.69, 9.17) is 10.8 Å². The molecule has 0 saturated carbocycles.